The number of nitrogens with zero attached hydrogens (tertiary/aromatic N) is 6. The molecule has 0 unspecified atom stereocenters. The number of hydrogen-bond acceptors (Lipinski definition) is 4. The van der Waals surface area contributed by atoms with Gasteiger partial charge >= 0.3 is 0 Å². The number of hydrogen-bond donors (Lipinski definition) is 1. The molecule has 25 heavy (non-hydrogen) atoms. The van der Waals surface area contributed by atoms with Crippen molar-refractivity contribution >= 4 is 41.5 Å². The van der Waals surface area contributed by atoms with E-state index in [4.69, 9.17) is 0 Å². The van der Waals surface area contributed by atoms with Crippen molar-refractivity contribution < 1.29 is 4.79 Å². The molecule has 1 aromatic heterocycles. The fraction of sp³-hybridized carbons (Fsp3) is 0.688. The number of likely N-dealkylation sites (N-methyl/N-ethyl adjacent to an activating group) is 1. The summed E-state index contributed by atoms with van der Waals surface area (Å²) in [7, 11) is 5.79. The number of anilines is 1. The lowest BCUT2D eigenvalue weighted by atomic mass is 10.3. The van der Waals surface area contributed by atoms with Crippen LogP contribution in [0.5, 0.6) is 0 Å². The summed E-state index contributed by atoms with van der Waals surface area (Å²) < 4.78 is 1.71. The van der Waals surface area contributed by atoms with Crippen molar-refractivity contribution in [2.24, 2.45) is 12.0 Å². The van der Waals surface area contributed by atoms with Gasteiger partial charge in [0.05, 0.1) is 11.9 Å². The Morgan fingerprint density at radius 1 is 1.44 bits per heavy atom. The second kappa shape index (κ2) is 8.84. The maximum absolute atomic E-state index is 12.5. The third-order valence-electron chi connectivity index (χ3n) is 4.65. The molecule has 2 fully saturated rings. The second-order valence-corrected chi connectivity index (χ2v) is 6.52. The minimum Gasteiger partial charge on any atom is -0.355 e. The number of rotatable bonds is 5. The van der Waals surface area contributed by atoms with Crippen LogP contribution >= 0.6 is 24.0 Å². The van der Waals surface area contributed by atoms with Gasteiger partial charge in [0.25, 0.3) is 0 Å². The van der Waals surface area contributed by atoms with Crippen molar-refractivity contribution in [3.05, 3.63) is 12.4 Å². The third-order valence-corrected chi connectivity index (χ3v) is 4.65. The van der Waals surface area contributed by atoms with Crippen LogP contribution < -0.4 is 10.2 Å². The average Bonchev–Trinajstić information content (AvgIpc) is 3.33. The Labute approximate surface area is 166 Å². The lowest BCUT2D eigenvalue weighted by molar-refractivity contribution is -0.120. The SMILES string of the molecule is CN=C(NCCN(C)C1CC1)N1CCN(c2cnn(C)c2)C(=O)C1.I. The van der Waals surface area contributed by atoms with E-state index in [1.807, 2.05) is 18.1 Å². The van der Waals surface area contributed by atoms with Crippen LogP contribution in [0.25, 0.3) is 0 Å². The lowest BCUT2D eigenvalue weighted by Crippen LogP contribution is -2.55. The first-order valence-corrected chi connectivity index (χ1v) is 8.53. The maximum Gasteiger partial charge on any atom is 0.246 e. The lowest BCUT2D eigenvalue weighted by Gasteiger charge is -2.35. The molecule has 3 rings (SSSR count). The Morgan fingerprint density at radius 2 is 2.20 bits per heavy atom. The third kappa shape index (κ3) is 5.06. The Bertz CT molecular complexity index is 613. The summed E-state index contributed by atoms with van der Waals surface area (Å²) in [6.07, 6.45) is 6.23. The number of carbonyl (C=O) groups is 1. The molecule has 1 aliphatic carbocycles. The van der Waals surface area contributed by atoms with E-state index in [0.717, 1.165) is 37.3 Å². The summed E-state index contributed by atoms with van der Waals surface area (Å²) in [5.74, 6) is 0.880. The average molecular weight is 461 g/mol. The number of nitrogens with one attached hydrogen (secondary N) is 1. The number of guanidine groups is 1. The monoisotopic (exact) mass is 461 g/mol. The maximum atomic E-state index is 12.5. The summed E-state index contributed by atoms with van der Waals surface area (Å²) in [6, 6.07) is 0.762. The van der Waals surface area contributed by atoms with Gasteiger partial charge in [0.15, 0.2) is 5.96 Å². The normalized spacial score (nSPS) is 18.6. The van der Waals surface area contributed by atoms with E-state index in [1.165, 1.54) is 12.8 Å². The second-order valence-electron chi connectivity index (χ2n) is 6.52. The Morgan fingerprint density at radius 3 is 2.76 bits per heavy atom. The summed E-state index contributed by atoms with van der Waals surface area (Å²) in [5.41, 5.74) is 0.858. The summed E-state index contributed by atoms with van der Waals surface area (Å²) >= 11 is 0. The zero-order chi connectivity index (χ0) is 17.1. The molecule has 1 aromatic rings. The predicted octanol–water partition coefficient (Wildman–Crippen LogP) is 0.356. The van der Waals surface area contributed by atoms with Gasteiger partial charge in [-0.3, -0.25) is 14.5 Å². The molecular formula is C16H28IN7O. The van der Waals surface area contributed by atoms with Gasteiger partial charge < -0.3 is 20.0 Å². The molecule has 0 bridgehead atoms. The molecular weight excluding hydrogens is 433 g/mol. The largest absolute Gasteiger partial charge is 0.355 e. The molecule has 0 atom stereocenters. The predicted molar refractivity (Wildman–Crippen MR) is 110 cm³/mol. The van der Waals surface area contributed by atoms with Crippen LogP contribution in [-0.4, -0.2) is 84.3 Å². The molecule has 140 valence electrons. The molecule has 1 amide bonds. The number of amides is 1. The van der Waals surface area contributed by atoms with E-state index in [9.17, 15) is 4.79 Å². The zero-order valence-electron chi connectivity index (χ0n) is 15.2. The Balaban J connectivity index is 0.00000225. The van der Waals surface area contributed by atoms with Crippen molar-refractivity contribution in [1.82, 2.24) is 24.9 Å². The van der Waals surface area contributed by atoms with Gasteiger partial charge in [-0.05, 0) is 19.9 Å². The number of aromatic nitrogens is 2. The van der Waals surface area contributed by atoms with Gasteiger partial charge in [-0.1, -0.05) is 0 Å². The molecule has 1 N–H and O–H groups in total. The first-order chi connectivity index (χ1) is 11.6. The highest BCUT2D eigenvalue weighted by Crippen LogP contribution is 2.24. The van der Waals surface area contributed by atoms with Gasteiger partial charge in [0.2, 0.25) is 5.91 Å². The fourth-order valence-corrected chi connectivity index (χ4v) is 3.05. The van der Waals surface area contributed by atoms with Crippen molar-refractivity contribution in [1.29, 1.82) is 0 Å². The minimum atomic E-state index is 0. The molecule has 8 nitrogen and oxygen atoms in total. The molecule has 9 heteroatoms. The standard InChI is InChI=1S/C16H27N7O.HI/c1-17-16(18-6-7-20(2)13-4-5-13)22-8-9-23(15(24)12-22)14-10-19-21(3)11-14;/h10-11,13H,4-9,12H2,1-3H3,(H,17,18);1H. The van der Waals surface area contributed by atoms with Crippen LogP contribution in [0.1, 0.15) is 12.8 Å². The quantitative estimate of drug-likeness (QED) is 0.390. The van der Waals surface area contributed by atoms with E-state index in [0.29, 0.717) is 13.1 Å². The fourth-order valence-electron chi connectivity index (χ4n) is 3.05. The van der Waals surface area contributed by atoms with Crippen LogP contribution in [0.3, 0.4) is 0 Å². The Kier molecular flexibility index (Phi) is 7.05. The summed E-state index contributed by atoms with van der Waals surface area (Å²) in [4.78, 5) is 23.0. The van der Waals surface area contributed by atoms with Gasteiger partial charge in [0.1, 0.15) is 6.54 Å². The van der Waals surface area contributed by atoms with E-state index >= 15 is 0 Å². The van der Waals surface area contributed by atoms with Crippen molar-refractivity contribution in [3.8, 4) is 0 Å². The van der Waals surface area contributed by atoms with E-state index < -0.39 is 0 Å². The molecule has 2 heterocycles. The topological polar surface area (TPSA) is 69.0 Å². The minimum absolute atomic E-state index is 0. The molecule has 1 saturated heterocycles. The first kappa shape index (κ1) is 20.0. The molecule has 0 radical (unpaired) electrons. The first-order valence-electron chi connectivity index (χ1n) is 8.53. The van der Waals surface area contributed by atoms with Gasteiger partial charge in [-0.25, -0.2) is 0 Å². The Hall–Kier alpha value is -1.36. The highest BCUT2D eigenvalue weighted by Gasteiger charge is 2.28. The molecule has 1 aliphatic heterocycles. The smallest absolute Gasteiger partial charge is 0.246 e. The van der Waals surface area contributed by atoms with Crippen LogP contribution in [0.4, 0.5) is 5.69 Å². The summed E-state index contributed by atoms with van der Waals surface area (Å²) in [6.45, 7) is 3.59. The number of aliphatic imine (C=N–C) groups is 1. The zero-order valence-corrected chi connectivity index (χ0v) is 17.5. The molecule has 0 spiro atoms. The highest BCUT2D eigenvalue weighted by atomic mass is 127. The molecule has 1 saturated carbocycles. The van der Waals surface area contributed by atoms with Crippen LogP contribution in [0.2, 0.25) is 0 Å². The summed E-state index contributed by atoms with van der Waals surface area (Å²) in [5, 5.41) is 7.52. The number of halogens is 1. The van der Waals surface area contributed by atoms with E-state index in [-0.39, 0.29) is 29.9 Å². The van der Waals surface area contributed by atoms with Crippen molar-refractivity contribution in [2.45, 2.75) is 18.9 Å². The van der Waals surface area contributed by atoms with Gasteiger partial charge in [-0.2, -0.15) is 5.10 Å². The van der Waals surface area contributed by atoms with Crippen molar-refractivity contribution in [2.75, 3.05) is 51.7 Å². The number of piperazine rings is 1. The molecule has 2 aliphatic rings. The van der Waals surface area contributed by atoms with Gasteiger partial charge in [0, 0.05) is 52.5 Å². The molecule has 0 aromatic carbocycles. The van der Waals surface area contributed by atoms with E-state index in [1.54, 1.807) is 22.8 Å². The highest BCUT2D eigenvalue weighted by molar-refractivity contribution is 14.0. The van der Waals surface area contributed by atoms with Crippen LogP contribution in [0, 0.1) is 0 Å². The van der Waals surface area contributed by atoms with Crippen LogP contribution in [-0.2, 0) is 11.8 Å². The van der Waals surface area contributed by atoms with Crippen molar-refractivity contribution in [3.63, 3.8) is 0 Å². The van der Waals surface area contributed by atoms with Gasteiger partial charge in [-0.15, -0.1) is 24.0 Å². The van der Waals surface area contributed by atoms with Crippen LogP contribution in [0.15, 0.2) is 17.4 Å². The number of aryl methyl sites for hydroxylation is 1. The van der Waals surface area contributed by atoms with E-state index in [2.05, 4.69) is 27.4 Å². The number of carbonyl (C=O) groups excluding carboxylic acids is 1.